The summed E-state index contributed by atoms with van der Waals surface area (Å²) in [6.45, 7) is 8.52. The first-order valence-corrected chi connectivity index (χ1v) is 6.48. The van der Waals surface area contributed by atoms with Crippen molar-refractivity contribution in [3.05, 3.63) is 34.9 Å². The summed E-state index contributed by atoms with van der Waals surface area (Å²) in [6, 6.07) is 6.43. The van der Waals surface area contributed by atoms with Gasteiger partial charge in [0.1, 0.15) is 0 Å². The molecule has 1 aliphatic rings. The second-order valence-electron chi connectivity index (χ2n) is 5.04. The van der Waals surface area contributed by atoms with Crippen LogP contribution < -0.4 is 0 Å². The lowest BCUT2D eigenvalue weighted by Gasteiger charge is -2.34. The predicted molar refractivity (Wildman–Crippen MR) is 69.0 cm³/mol. The Hall–Kier alpha value is -0.860. The van der Waals surface area contributed by atoms with Gasteiger partial charge in [-0.2, -0.15) is 0 Å². The summed E-state index contributed by atoms with van der Waals surface area (Å²) in [7, 11) is 0. The minimum atomic E-state index is -0.190. The minimum Gasteiger partial charge on any atom is -0.345 e. The maximum atomic E-state index is 5.99. The molecule has 1 fully saturated rings. The maximum Gasteiger partial charge on any atom is 0.184 e. The molecule has 0 spiro atoms. The molecular formula is C15H22O2. The minimum absolute atomic E-state index is 0.190. The molecule has 0 aromatic heterocycles. The van der Waals surface area contributed by atoms with E-state index in [0.29, 0.717) is 6.10 Å². The predicted octanol–water partition coefficient (Wildman–Crippen LogP) is 3.91. The molecule has 1 heterocycles. The highest BCUT2D eigenvalue weighted by molar-refractivity contribution is 5.31. The van der Waals surface area contributed by atoms with E-state index >= 15 is 0 Å². The van der Waals surface area contributed by atoms with Crippen molar-refractivity contribution in [2.24, 2.45) is 0 Å². The summed E-state index contributed by atoms with van der Waals surface area (Å²) in [5, 5.41) is 0. The Labute approximate surface area is 104 Å². The lowest BCUT2D eigenvalue weighted by Crippen LogP contribution is -2.32. The quantitative estimate of drug-likeness (QED) is 0.772. The molecule has 2 rings (SSSR count). The highest BCUT2D eigenvalue weighted by Crippen LogP contribution is 2.32. The number of hydrogen-bond acceptors (Lipinski definition) is 2. The van der Waals surface area contributed by atoms with E-state index in [-0.39, 0.29) is 12.4 Å². The van der Waals surface area contributed by atoms with Crippen molar-refractivity contribution in [3.8, 4) is 0 Å². The number of aryl methyl sites for hydroxylation is 2. The van der Waals surface area contributed by atoms with Gasteiger partial charge in [-0.3, -0.25) is 0 Å². The van der Waals surface area contributed by atoms with Crippen LogP contribution in [0.5, 0.6) is 0 Å². The Morgan fingerprint density at radius 2 is 2.00 bits per heavy atom. The first kappa shape index (κ1) is 12.6. The van der Waals surface area contributed by atoms with Gasteiger partial charge in [0.2, 0.25) is 0 Å². The normalized spacial score (nSPS) is 29.3. The molecule has 0 saturated carbocycles. The Morgan fingerprint density at radius 3 is 2.65 bits per heavy atom. The average molecular weight is 234 g/mol. The third-order valence-corrected chi connectivity index (χ3v) is 3.40. The van der Waals surface area contributed by atoms with Gasteiger partial charge in [0, 0.05) is 5.56 Å². The zero-order chi connectivity index (χ0) is 12.4. The van der Waals surface area contributed by atoms with Crippen LogP contribution >= 0.6 is 0 Å². The summed E-state index contributed by atoms with van der Waals surface area (Å²) in [4.78, 5) is 0. The summed E-state index contributed by atoms with van der Waals surface area (Å²) >= 11 is 0. The van der Waals surface area contributed by atoms with Crippen LogP contribution in [0.2, 0.25) is 0 Å². The first-order valence-electron chi connectivity index (χ1n) is 6.48. The van der Waals surface area contributed by atoms with Gasteiger partial charge < -0.3 is 9.47 Å². The van der Waals surface area contributed by atoms with Crippen molar-refractivity contribution in [3.63, 3.8) is 0 Å². The van der Waals surface area contributed by atoms with Gasteiger partial charge in [-0.05, 0) is 39.2 Å². The molecule has 0 bridgehead atoms. The monoisotopic (exact) mass is 234 g/mol. The van der Waals surface area contributed by atoms with Crippen molar-refractivity contribution in [2.75, 3.05) is 0 Å². The van der Waals surface area contributed by atoms with E-state index in [9.17, 15) is 0 Å². The molecule has 94 valence electrons. The van der Waals surface area contributed by atoms with Gasteiger partial charge >= 0.3 is 0 Å². The molecule has 0 radical (unpaired) electrons. The fourth-order valence-corrected chi connectivity index (χ4v) is 2.40. The van der Waals surface area contributed by atoms with E-state index in [1.54, 1.807) is 0 Å². The van der Waals surface area contributed by atoms with Crippen molar-refractivity contribution in [1.29, 1.82) is 0 Å². The number of hydrogen-bond donors (Lipinski definition) is 0. The number of benzene rings is 1. The van der Waals surface area contributed by atoms with Crippen LogP contribution in [0, 0.1) is 13.8 Å². The fourth-order valence-electron chi connectivity index (χ4n) is 2.40. The largest absolute Gasteiger partial charge is 0.345 e. The zero-order valence-electron chi connectivity index (χ0n) is 11.2. The Balaban J connectivity index is 2.20. The lowest BCUT2D eigenvalue weighted by molar-refractivity contribution is -0.244. The van der Waals surface area contributed by atoms with Crippen LogP contribution in [-0.2, 0) is 9.47 Å². The van der Waals surface area contributed by atoms with E-state index in [0.717, 1.165) is 12.8 Å². The van der Waals surface area contributed by atoms with Gasteiger partial charge in [0.25, 0.3) is 0 Å². The maximum absolute atomic E-state index is 5.99. The fraction of sp³-hybridized carbons (Fsp3) is 0.600. The molecule has 3 unspecified atom stereocenters. The first-order chi connectivity index (χ1) is 8.10. The van der Waals surface area contributed by atoms with Gasteiger partial charge in [-0.15, -0.1) is 0 Å². The Kier molecular flexibility index (Phi) is 3.85. The van der Waals surface area contributed by atoms with Gasteiger partial charge in [-0.1, -0.05) is 30.7 Å². The molecule has 0 amide bonds. The topological polar surface area (TPSA) is 18.5 Å². The molecule has 0 N–H and O–H groups in total. The van der Waals surface area contributed by atoms with Crippen LogP contribution in [0.1, 0.15) is 49.7 Å². The van der Waals surface area contributed by atoms with Crippen molar-refractivity contribution >= 4 is 0 Å². The molecule has 17 heavy (non-hydrogen) atoms. The molecule has 2 heteroatoms. The molecule has 1 aliphatic heterocycles. The molecule has 3 atom stereocenters. The molecule has 1 aromatic carbocycles. The van der Waals surface area contributed by atoms with Crippen molar-refractivity contribution < 1.29 is 9.47 Å². The second-order valence-corrected chi connectivity index (χ2v) is 5.04. The third kappa shape index (κ3) is 2.88. The summed E-state index contributed by atoms with van der Waals surface area (Å²) in [5.74, 6) is 0. The van der Waals surface area contributed by atoms with E-state index < -0.39 is 0 Å². The molecular weight excluding hydrogens is 212 g/mol. The summed E-state index contributed by atoms with van der Waals surface area (Å²) < 4.78 is 11.9. The van der Waals surface area contributed by atoms with Gasteiger partial charge in [0.05, 0.1) is 12.2 Å². The highest BCUT2D eigenvalue weighted by atomic mass is 16.7. The Bertz CT molecular complexity index is 387. The molecule has 1 aromatic rings. The lowest BCUT2D eigenvalue weighted by atomic mass is 10.0. The average Bonchev–Trinajstić information content (AvgIpc) is 2.28. The standard InChI is InChI=1S/C15H22O2/c1-5-13-9-12(4)16-15(17-13)14-7-6-10(2)8-11(14)3/h6-8,12-13,15H,5,9H2,1-4H3. The summed E-state index contributed by atoms with van der Waals surface area (Å²) in [6.07, 6.45) is 2.46. The van der Waals surface area contributed by atoms with E-state index in [1.165, 1.54) is 16.7 Å². The summed E-state index contributed by atoms with van der Waals surface area (Å²) in [5.41, 5.74) is 3.70. The van der Waals surface area contributed by atoms with Crippen LogP contribution in [0.15, 0.2) is 18.2 Å². The van der Waals surface area contributed by atoms with Crippen LogP contribution in [-0.4, -0.2) is 12.2 Å². The van der Waals surface area contributed by atoms with E-state index in [1.807, 2.05) is 0 Å². The zero-order valence-corrected chi connectivity index (χ0v) is 11.2. The van der Waals surface area contributed by atoms with E-state index in [4.69, 9.17) is 9.47 Å². The van der Waals surface area contributed by atoms with Crippen LogP contribution in [0.4, 0.5) is 0 Å². The molecule has 2 nitrogen and oxygen atoms in total. The van der Waals surface area contributed by atoms with Crippen LogP contribution in [0.3, 0.4) is 0 Å². The van der Waals surface area contributed by atoms with Gasteiger partial charge in [-0.25, -0.2) is 0 Å². The van der Waals surface area contributed by atoms with Crippen molar-refractivity contribution in [1.82, 2.24) is 0 Å². The van der Waals surface area contributed by atoms with E-state index in [2.05, 4.69) is 45.9 Å². The number of ether oxygens (including phenoxy) is 2. The number of rotatable bonds is 2. The van der Waals surface area contributed by atoms with Crippen molar-refractivity contribution in [2.45, 2.75) is 59.0 Å². The Morgan fingerprint density at radius 1 is 1.24 bits per heavy atom. The smallest absolute Gasteiger partial charge is 0.184 e. The SMILES string of the molecule is CCC1CC(C)OC(c2ccc(C)cc2C)O1. The third-order valence-electron chi connectivity index (χ3n) is 3.40. The molecule has 0 aliphatic carbocycles. The van der Waals surface area contributed by atoms with Crippen LogP contribution in [0.25, 0.3) is 0 Å². The highest BCUT2D eigenvalue weighted by Gasteiger charge is 2.28. The van der Waals surface area contributed by atoms with Gasteiger partial charge in [0.15, 0.2) is 6.29 Å². The molecule has 1 saturated heterocycles. The second kappa shape index (κ2) is 5.19.